The van der Waals surface area contributed by atoms with E-state index >= 15 is 0 Å². The van der Waals surface area contributed by atoms with Crippen LogP contribution in [0.5, 0.6) is 0 Å². The zero-order valence-electron chi connectivity index (χ0n) is 11.2. The second-order valence-electron chi connectivity index (χ2n) is 4.09. The van der Waals surface area contributed by atoms with E-state index in [0.29, 0.717) is 5.16 Å². The molecule has 0 saturated heterocycles. The molecule has 2 aromatic rings. The van der Waals surface area contributed by atoms with Crippen LogP contribution in [0.25, 0.3) is 0 Å². The number of imidazole rings is 1. The quantitative estimate of drug-likeness (QED) is 0.847. The van der Waals surface area contributed by atoms with Crippen LogP contribution in [-0.4, -0.2) is 27.2 Å². The Morgan fingerprint density at radius 2 is 2.14 bits per heavy atom. The molecule has 0 aliphatic carbocycles. The fourth-order valence-electron chi connectivity index (χ4n) is 1.50. The fraction of sp³-hybridized carbons (Fsp3) is 0.154. The summed E-state index contributed by atoms with van der Waals surface area (Å²) in [7, 11) is 1.80. The van der Waals surface area contributed by atoms with Crippen molar-refractivity contribution in [1.29, 1.82) is 0 Å². The number of hydrogen-bond donors (Lipinski definition) is 2. The topological polar surface area (TPSA) is 76.0 Å². The Kier molecular flexibility index (Phi) is 4.94. The molecule has 0 aliphatic rings. The number of benzene rings is 1. The van der Waals surface area contributed by atoms with Crippen LogP contribution in [0.1, 0.15) is 0 Å². The molecule has 0 spiro atoms. The van der Waals surface area contributed by atoms with Crippen molar-refractivity contribution in [1.82, 2.24) is 14.9 Å². The highest BCUT2D eigenvalue weighted by Crippen LogP contribution is 2.14. The number of rotatable bonds is 4. The first-order valence-corrected chi connectivity index (χ1v) is 7.00. The van der Waals surface area contributed by atoms with Crippen LogP contribution < -0.4 is 10.6 Å². The monoisotopic (exact) mass is 308 g/mol. The van der Waals surface area contributed by atoms with Crippen LogP contribution in [0.3, 0.4) is 0 Å². The van der Waals surface area contributed by atoms with Crippen LogP contribution >= 0.6 is 11.8 Å². The summed E-state index contributed by atoms with van der Waals surface area (Å²) in [5, 5.41) is 5.06. The molecule has 0 radical (unpaired) electrons. The van der Waals surface area contributed by atoms with Gasteiger partial charge in [0, 0.05) is 19.4 Å². The summed E-state index contributed by atoms with van der Waals surface area (Å²) in [6.45, 7) is 0. The molecule has 0 unspecified atom stereocenters. The van der Waals surface area contributed by atoms with Crippen LogP contribution in [0, 0.1) is 5.82 Å². The third-order valence-corrected chi connectivity index (χ3v) is 3.54. The molecule has 1 aromatic heterocycles. The maximum atomic E-state index is 13.3. The van der Waals surface area contributed by atoms with Gasteiger partial charge in [-0.15, -0.1) is 0 Å². The molecular formula is C13H13FN4O2S. The SMILES string of the molecule is Cn1ccnc1SCC(=O)NC(=O)Nc1ccccc1F. The van der Waals surface area contributed by atoms with Gasteiger partial charge in [-0.2, -0.15) is 0 Å². The molecule has 3 amide bonds. The maximum absolute atomic E-state index is 13.3. The summed E-state index contributed by atoms with van der Waals surface area (Å²) in [5.41, 5.74) is 0.0135. The number of hydrogen-bond acceptors (Lipinski definition) is 4. The van der Waals surface area contributed by atoms with Crippen molar-refractivity contribution in [3.8, 4) is 0 Å². The number of nitrogens with zero attached hydrogens (tertiary/aromatic N) is 2. The zero-order valence-corrected chi connectivity index (χ0v) is 12.0. The molecular weight excluding hydrogens is 295 g/mol. The van der Waals surface area contributed by atoms with Gasteiger partial charge in [0.25, 0.3) is 0 Å². The molecule has 1 heterocycles. The molecule has 0 bridgehead atoms. The Bertz CT molecular complexity index is 659. The lowest BCUT2D eigenvalue weighted by Gasteiger charge is -2.07. The number of aromatic nitrogens is 2. The first-order chi connectivity index (χ1) is 10.1. The molecule has 110 valence electrons. The number of carbonyl (C=O) groups is 2. The van der Waals surface area contributed by atoms with Crippen molar-refractivity contribution in [2.75, 3.05) is 11.1 Å². The summed E-state index contributed by atoms with van der Waals surface area (Å²) in [5.74, 6) is -1.02. The van der Waals surface area contributed by atoms with Crippen molar-refractivity contribution >= 4 is 29.4 Å². The van der Waals surface area contributed by atoms with Crippen molar-refractivity contribution in [2.45, 2.75) is 5.16 Å². The largest absolute Gasteiger partial charge is 0.329 e. The van der Waals surface area contributed by atoms with Crippen LogP contribution in [-0.2, 0) is 11.8 Å². The molecule has 0 saturated carbocycles. The maximum Gasteiger partial charge on any atom is 0.325 e. The number of halogens is 1. The van der Waals surface area contributed by atoms with Crippen LogP contribution in [0.4, 0.5) is 14.9 Å². The summed E-state index contributed by atoms with van der Waals surface area (Å²) >= 11 is 1.20. The van der Waals surface area contributed by atoms with E-state index in [1.165, 1.54) is 30.0 Å². The van der Waals surface area contributed by atoms with Gasteiger partial charge in [-0.1, -0.05) is 23.9 Å². The van der Waals surface area contributed by atoms with Crippen LogP contribution in [0.2, 0.25) is 0 Å². The van der Waals surface area contributed by atoms with Gasteiger partial charge in [-0.25, -0.2) is 14.2 Å². The van der Waals surface area contributed by atoms with E-state index in [4.69, 9.17) is 0 Å². The normalized spacial score (nSPS) is 10.2. The highest BCUT2D eigenvalue weighted by Gasteiger charge is 2.11. The first-order valence-electron chi connectivity index (χ1n) is 6.02. The van der Waals surface area contributed by atoms with E-state index in [2.05, 4.69) is 15.6 Å². The number of urea groups is 1. The van der Waals surface area contributed by atoms with Crippen molar-refractivity contribution in [2.24, 2.45) is 7.05 Å². The standard InChI is InChI=1S/C13H13FN4O2S/c1-18-7-6-15-13(18)21-8-11(19)17-12(20)16-10-5-3-2-4-9(10)14/h2-7H,8H2,1H3,(H2,16,17,19,20). The summed E-state index contributed by atoms with van der Waals surface area (Å²) in [6, 6.07) is 4.94. The van der Waals surface area contributed by atoms with E-state index in [1.54, 1.807) is 30.1 Å². The highest BCUT2D eigenvalue weighted by atomic mass is 32.2. The third kappa shape index (κ3) is 4.32. The van der Waals surface area contributed by atoms with E-state index in [0.717, 1.165) is 0 Å². The predicted molar refractivity (Wildman–Crippen MR) is 77.5 cm³/mol. The van der Waals surface area contributed by atoms with Crippen molar-refractivity contribution < 1.29 is 14.0 Å². The van der Waals surface area contributed by atoms with Crippen molar-refractivity contribution in [3.63, 3.8) is 0 Å². The Hall–Kier alpha value is -2.35. The Balaban J connectivity index is 1.81. The highest BCUT2D eigenvalue weighted by molar-refractivity contribution is 7.99. The lowest BCUT2D eigenvalue weighted by Crippen LogP contribution is -2.35. The number of amides is 3. The number of imide groups is 1. The van der Waals surface area contributed by atoms with E-state index in [9.17, 15) is 14.0 Å². The average molecular weight is 308 g/mol. The number of nitrogens with one attached hydrogen (secondary N) is 2. The molecule has 2 rings (SSSR count). The van der Waals surface area contributed by atoms with Crippen molar-refractivity contribution in [3.05, 3.63) is 42.5 Å². The van der Waals surface area contributed by atoms with E-state index in [-0.39, 0.29) is 11.4 Å². The van der Waals surface area contributed by atoms with Gasteiger partial charge in [0.1, 0.15) is 5.82 Å². The second kappa shape index (κ2) is 6.89. The molecule has 0 fully saturated rings. The Labute approximate surface area is 124 Å². The molecule has 2 N–H and O–H groups in total. The fourth-order valence-corrected chi connectivity index (χ4v) is 2.23. The summed E-state index contributed by atoms with van der Waals surface area (Å²) in [4.78, 5) is 27.2. The first kappa shape index (κ1) is 15.0. The Morgan fingerprint density at radius 3 is 2.81 bits per heavy atom. The molecule has 6 nitrogen and oxygen atoms in total. The van der Waals surface area contributed by atoms with Gasteiger partial charge < -0.3 is 9.88 Å². The minimum absolute atomic E-state index is 0.0135. The molecule has 1 aromatic carbocycles. The van der Waals surface area contributed by atoms with Crippen LogP contribution in [0.15, 0.2) is 41.8 Å². The number of anilines is 1. The molecule has 0 atom stereocenters. The smallest absolute Gasteiger partial charge is 0.325 e. The van der Waals surface area contributed by atoms with E-state index < -0.39 is 17.8 Å². The van der Waals surface area contributed by atoms with Gasteiger partial charge >= 0.3 is 6.03 Å². The van der Waals surface area contributed by atoms with Gasteiger partial charge in [0.05, 0.1) is 11.4 Å². The van der Waals surface area contributed by atoms with Gasteiger partial charge in [-0.05, 0) is 12.1 Å². The summed E-state index contributed by atoms with van der Waals surface area (Å²) in [6.07, 6.45) is 3.37. The Morgan fingerprint density at radius 1 is 1.38 bits per heavy atom. The zero-order chi connectivity index (χ0) is 15.2. The minimum atomic E-state index is -0.773. The minimum Gasteiger partial charge on any atom is -0.329 e. The van der Waals surface area contributed by atoms with Gasteiger partial charge in [0.2, 0.25) is 5.91 Å². The molecule has 8 heteroatoms. The van der Waals surface area contributed by atoms with Gasteiger partial charge in [0.15, 0.2) is 5.16 Å². The van der Waals surface area contributed by atoms with E-state index in [1.807, 2.05) is 0 Å². The average Bonchev–Trinajstić information content (AvgIpc) is 2.84. The lowest BCUT2D eigenvalue weighted by molar-refractivity contribution is -0.117. The second-order valence-corrected chi connectivity index (χ2v) is 5.03. The molecule has 21 heavy (non-hydrogen) atoms. The number of thioether (sulfide) groups is 1. The number of carbonyl (C=O) groups excluding carboxylic acids is 2. The number of aryl methyl sites for hydroxylation is 1. The molecule has 0 aliphatic heterocycles. The summed E-state index contributed by atoms with van der Waals surface area (Å²) < 4.78 is 15.1. The predicted octanol–water partition coefficient (Wildman–Crippen LogP) is 2.00. The number of para-hydroxylation sites is 1. The van der Waals surface area contributed by atoms with Gasteiger partial charge in [-0.3, -0.25) is 10.1 Å². The third-order valence-electron chi connectivity index (χ3n) is 2.48. The lowest BCUT2D eigenvalue weighted by atomic mass is 10.3.